The number of hydrogen-bond donors (Lipinski definition) is 1. The van der Waals surface area contributed by atoms with Gasteiger partial charge in [-0.1, -0.05) is 35.9 Å². The minimum atomic E-state index is 0.0762. The summed E-state index contributed by atoms with van der Waals surface area (Å²) in [6.45, 7) is 5.07. The van der Waals surface area contributed by atoms with Crippen molar-refractivity contribution in [2.24, 2.45) is 5.92 Å². The Morgan fingerprint density at radius 3 is 2.88 bits per heavy atom. The highest BCUT2D eigenvalue weighted by Gasteiger charge is 2.26. The zero-order valence-corrected chi connectivity index (χ0v) is 14.2. The molecular weight excluding hydrogens is 298 g/mol. The molecule has 1 aliphatic rings. The molecule has 3 rings (SSSR count). The Morgan fingerprint density at radius 2 is 2.17 bits per heavy atom. The highest BCUT2D eigenvalue weighted by molar-refractivity contribution is 5.79. The lowest BCUT2D eigenvalue weighted by Gasteiger charge is -2.29. The first-order chi connectivity index (χ1) is 11.7. The van der Waals surface area contributed by atoms with Crippen LogP contribution in [0.4, 0.5) is 0 Å². The van der Waals surface area contributed by atoms with Crippen molar-refractivity contribution in [1.29, 1.82) is 0 Å². The van der Waals surface area contributed by atoms with Crippen LogP contribution in [0, 0.1) is 12.8 Å². The third-order valence-electron chi connectivity index (χ3n) is 4.49. The Kier molecular flexibility index (Phi) is 5.59. The summed E-state index contributed by atoms with van der Waals surface area (Å²) in [6.07, 6.45) is 3.82. The van der Waals surface area contributed by atoms with Crippen LogP contribution in [0.2, 0.25) is 0 Å². The van der Waals surface area contributed by atoms with Crippen LogP contribution in [0.1, 0.15) is 29.7 Å². The molecule has 2 heterocycles. The van der Waals surface area contributed by atoms with Crippen LogP contribution in [0.25, 0.3) is 0 Å². The summed E-state index contributed by atoms with van der Waals surface area (Å²) in [6, 6.07) is 14.2. The van der Waals surface area contributed by atoms with Gasteiger partial charge in [0.2, 0.25) is 5.91 Å². The van der Waals surface area contributed by atoms with E-state index in [-0.39, 0.29) is 11.8 Å². The Labute approximate surface area is 143 Å². The standard InChI is InChI=1S/C20H25N3O/c1-16-6-4-7-17(12-16)14-23(15-19-9-2-3-11-22-19)20(24)18-8-5-10-21-13-18/h2-4,6-7,9,11-12,18,21H,5,8,10,13-15H2,1H3. The number of rotatable bonds is 5. The van der Waals surface area contributed by atoms with Crippen LogP contribution in [-0.4, -0.2) is 28.9 Å². The molecule has 1 saturated heterocycles. The molecule has 4 nitrogen and oxygen atoms in total. The van der Waals surface area contributed by atoms with Gasteiger partial charge in [-0.25, -0.2) is 0 Å². The average Bonchev–Trinajstić information content (AvgIpc) is 2.62. The number of hydrogen-bond acceptors (Lipinski definition) is 3. The van der Waals surface area contributed by atoms with Crippen molar-refractivity contribution < 1.29 is 4.79 Å². The van der Waals surface area contributed by atoms with Gasteiger partial charge in [0.1, 0.15) is 0 Å². The monoisotopic (exact) mass is 323 g/mol. The van der Waals surface area contributed by atoms with Crippen molar-refractivity contribution in [2.75, 3.05) is 13.1 Å². The van der Waals surface area contributed by atoms with Crippen LogP contribution in [0.3, 0.4) is 0 Å². The second-order valence-electron chi connectivity index (χ2n) is 6.55. The van der Waals surface area contributed by atoms with Crippen molar-refractivity contribution in [3.63, 3.8) is 0 Å². The first-order valence-electron chi connectivity index (χ1n) is 8.67. The summed E-state index contributed by atoms with van der Waals surface area (Å²) in [5, 5.41) is 3.34. The molecule has 1 fully saturated rings. The smallest absolute Gasteiger partial charge is 0.227 e. The number of aromatic nitrogens is 1. The molecule has 1 atom stereocenters. The molecule has 4 heteroatoms. The number of piperidine rings is 1. The maximum atomic E-state index is 13.1. The molecule has 0 bridgehead atoms. The van der Waals surface area contributed by atoms with Gasteiger partial charge in [-0.15, -0.1) is 0 Å². The fourth-order valence-corrected chi connectivity index (χ4v) is 3.25. The fourth-order valence-electron chi connectivity index (χ4n) is 3.25. The Balaban J connectivity index is 1.78. The number of carbonyl (C=O) groups excluding carboxylic acids is 1. The van der Waals surface area contributed by atoms with E-state index in [4.69, 9.17) is 0 Å². The zero-order valence-electron chi connectivity index (χ0n) is 14.2. The number of carbonyl (C=O) groups is 1. The predicted octanol–water partition coefficient (Wildman–Crippen LogP) is 2.92. The van der Waals surface area contributed by atoms with Gasteiger partial charge >= 0.3 is 0 Å². The molecule has 1 aromatic carbocycles. The summed E-state index contributed by atoms with van der Waals surface area (Å²) >= 11 is 0. The molecule has 1 unspecified atom stereocenters. The number of pyridine rings is 1. The molecule has 2 aromatic rings. The van der Waals surface area contributed by atoms with E-state index in [1.807, 2.05) is 23.1 Å². The molecule has 0 aliphatic carbocycles. The Bertz CT molecular complexity index is 666. The van der Waals surface area contributed by atoms with E-state index in [0.717, 1.165) is 31.6 Å². The van der Waals surface area contributed by atoms with Crippen LogP contribution < -0.4 is 5.32 Å². The topological polar surface area (TPSA) is 45.2 Å². The van der Waals surface area contributed by atoms with Gasteiger partial charge in [-0.3, -0.25) is 9.78 Å². The van der Waals surface area contributed by atoms with Gasteiger partial charge in [-0.2, -0.15) is 0 Å². The van der Waals surface area contributed by atoms with Gasteiger partial charge in [0.15, 0.2) is 0 Å². The highest BCUT2D eigenvalue weighted by Crippen LogP contribution is 2.18. The maximum absolute atomic E-state index is 13.1. The first kappa shape index (κ1) is 16.7. The number of nitrogens with zero attached hydrogens (tertiary/aromatic N) is 2. The lowest BCUT2D eigenvalue weighted by atomic mass is 9.97. The lowest BCUT2D eigenvalue weighted by molar-refractivity contribution is -0.137. The molecule has 1 amide bonds. The maximum Gasteiger partial charge on any atom is 0.227 e. The van der Waals surface area contributed by atoms with E-state index >= 15 is 0 Å². The molecule has 1 N–H and O–H groups in total. The van der Waals surface area contributed by atoms with Crippen molar-refractivity contribution >= 4 is 5.91 Å². The largest absolute Gasteiger partial charge is 0.332 e. The van der Waals surface area contributed by atoms with Crippen molar-refractivity contribution in [1.82, 2.24) is 15.2 Å². The highest BCUT2D eigenvalue weighted by atomic mass is 16.2. The molecule has 0 spiro atoms. The summed E-state index contributed by atoms with van der Waals surface area (Å²) in [7, 11) is 0. The lowest BCUT2D eigenvalue weighted by Crippen LogP contribution is -2.42. The first-order valence-corrected chi connectivity index (χ1v) is 8.67. The molecule has 1 aromatic heterocycles. The van der Waals surface area contributed by atoms with E-state index in [1.54, 1.807) is 6.20 Å². The molecule has 24 heavy (non-hydrogen) atoms. The number of aryl methyl sites for hydroxylation is 1. The molecule has 0 radical (unpaired) electrons. The van der Waals surface area contributed by atoms with Gasteiger partial charge in [-0.05, 0) is 44.0 Å². The van der Waals surface area contributed by atoms with E-state index in [9.17, 15) is 4.79 Å². The number of benzene rings is 1. The van der Waals surface area contributed by atoms with Crippen LogP contribution in [0.15, 0.2) is 48.7 Å². The second-order valence-corrected chi connectivity index (χ2v) is 6.55. The SMILES string of the molecule is Cc1cccc(CN(Cc2ccccn2)C(=O)C2CCCNC2)c1. The minimum Gasteiger partial charge on any atom is -0.332 e. The molecular formula is C20H25N3O. The van der Waals surface area contributed by atoms with Crippen LogP contribution in [-0.2, 0) is 17.9 Å². The van der Waals surface area contributed by atoms with Gasteiger partial charge in [0, 0.05) is 19.3 Å². The van der Waals surface area contributed by atoms with E-state index < -0.39 is 0 Å². The van der Waals surface area contributed by atoms with Crippen LogP contribution >= 0.6 is 0 Å². The van der Waals surface area contributed by atoms with E-state index in [0.29, 0.717) is 13.1 Å². The third-order valence-corrected chi connectivity index (χ3v) is 4.49. The summed E-state index contributed by atoms with van der Waals surface area (Å²) in [4.78, 5) is 19.4. The Morgan fingerprint density at radius 1 is 1.25 bits per heavy atom. The van der Waals surface area contributed by atoms with Gasteiger partial charge in [0.05, 0.1) is 18.2 Å². The molecule has 1 aliphatic heterocycles. The fraction of sp³-hybridized carbons (Fsp3) is 0.400. The van der Waals surface area contributed by atoms with E-state index in [1.165, 1.54) is 11.1 Å². The van der Waals surface area contributed by atoms with E-state index in [2.05, 4.69) is 41.5 Å². The van der Waals surface area contributed by atoms with Crippen molar-refractivity contribution in [3.05, 3.63) is 65.5 Å². The predicted molar refractivity (Wildman–Crippen MR) is 95.3 cm³/mol. The summed E-state index contributed by atoms with van der Waals surface area (Å²) < 4.78 is 0. The molecule has 126 valence electrons. The average molecular weight is 323 g/mol. The van der Waals surface area contributed by atoms with Crippen LogP contribution in [0.5, 0.6) is 0 Å². The Hall–Kier alpha value is -2.20. The number of nitrogens with one attached hydrogen (secondary N) is 1. The quantitative estimate of drug-likeness (QED) is 0.920. The van der Waals surface area contributed by atoms with Gasteiger partial charge < -0.3 is 10.2 Å². The second kappa shape index (κ2) is 8.06. The van der Waals surface area contributed by atoms with Crippen molar-refractivity contribution in [2.45, 2.75) is 32.9 Å². The summed E-state index contributed by atoms with van der Waals surface area (Å²) in [5.41, 5.74) is 3.32. The normalized spacial score (nSPS) is 17.5. The van der Waals surface area contributed by atoms with Crippen molar-refractivity contribution in [3.8, 4) is 0 Å². The zero-order chi connectivity index (χ0) is 16.8. The minimum absolute atomic E-state index is 0.0762. The number of amides is 1. The summed E-state index contributed by atoms with van der Waals surface area (Å²) in [5.74, 6) is 0.307. The van der Waals surface area contributed by atoms with Gasteiger partial charge in [0.25, 0.3) is 0 Å². The molecule has 0 saturated carbocycles. The third kappa shape index (κ3) is 4.42.